The Kier molecular flexibility index (Phi) is 4.59. The highest BCUT2D eigenvalue weighted by molar-refractivity contribution is 9.10. The molecule has 0 amide bonds. The Hall–Kier alpha value is -0.110. The largest absolute Gasteiger partial charge is 0.243 e. The van der Waals surface area contributed by atoms with Gasteiger partial charge >= 0.3 is 0 Å². The topological polar surface area (TPSA) is 37.4 Å². The predicted octanol–water partition coefficient (Wildman–Crippen LogP) is 3.10. The van der Waals surface area contributed by atoms with E-state index in [1.807, 2.05) is 13.8 Å². The second kappa shape index (κ2) is 5.71. The van der Waals surface area contributed by atoms with Gasteiger partial charge < -0.3 is 0 Å². The molecular formula is C12H15BrFNO2S2. The fraction of sp³-hybridized carbons (Fsp3) is 0.500. The van der Waals surface area contributed by atoms with Crippen LogP contribution < -0.4 is 0 Å². The Morgan fingerprint density at radius 2 is 1.89 bits per heavy atom. The maximum Gasteiger partial charge on any atom is 0.243 e. The van der Waals surface area contributed by atoms with Gasteiger partial charge in [-0.2, -0.15) is 16.1 Å². The van der Waals surface area contributed by atoms with E-state index in [0.717, 1.165) is 6.07 Å². The molecule has 1 aliphatic heterocycles. The smallest absolute Gasteiger partial charge is 0.207 e. The summed E-state index contributed by atoms with van der Waals surface area (Å²) in [5.74, 6) is -0.562. The minimum atomic E-state index is -3.61. The first-order valence-electron chi connectivity index (χ1n) is 5.91. The molecule has 19 heavy (non-hydrogen) atoms. The molecule has 1 aliphatic rings. The second-order valence-electron chi connectivity index (χ2n) is 4.66. The fourth-order valence-electron chi connectivity index (χ4n) is 2.11. The molecule has 1 aromatic carbocycles. The van der Waals surface area contributed by atoms with Crippen molar-refractivity contribution in [1.29, 1.82) is 0 Å². The van der Waals surface area contributed by atoms with E-state index in [9.17, 15) is 12.8 Å². The molecule has 106 valence electrons. The van der Waals surface area contributed by atoms with Crippen LogP contribution in [0.15, 0.2) is 27.6 Å². The zero-order chi connectivity index (χ0) is 14.2. The quantitative estimate of drug-likeness (QED) is 0.805. The summed E-state index contributed by atoms with van der Waals surface area (Å²) < 4.78 is 40.2. The summed E-state index contributed by atoms with van der Waals surface area (Å²) in [7, 11) is -3.61. The normalized spacial score (nSPS) is 25.5. The Morgan fingerprint density at radius 1 is 1.32 bits per heavy atom. The molecule has 0 saturated carbocycles. The van der Waals surface area contributed by atoms with Crippen LogP contribution in [0.25, 0.3) is 0 Å². The van der Waals surface area contributed by atoms with Gasteiger partial charge in [-0.1, -0.05) is 13.8 Å². The third-order valence-electron chi connectivity index (χ3n) is 2.91. The number of halogens is 2. The number of thioether (sulfide) groups is 1. The van der Waals surface area contributed by atoms with Gasteiger partial charge in [0.15, 0.2) is 0 Å². The Balaban J connectivity index is 2.33. The molecule has 2 rings (SSSR count). The van der Waals surface area contributed by atoms with E-state index in [0.29, 0.717) is 13.1 Å². The van der Waals surface area contributed by atoms with Crippen LogP contribution in [0, 0.1) is 5.82 Å². The molecular weight excluding hydrogens is 353 g/mol. The highest BCUT2D eigenvalue weighted by Crippen LogP contribution is 2.29. The van der Waals surface area contributed by atoms with E-state index in [1.54, 1.807) is 11.8 Å². The van der Waals surface area contributed by atoms with Crippen molar-refractivity contribution in [3.63, 3.8) is 0 Å². The van der Waals surface area contributed by atoms with Crippen molar-refractivity contribution in [1.82, 2.24) is 4.31 Å². The lowest BCUT2D eigenvalue weighted by atomic mass is 10.3. The summed E-state index contributed by atoms with van der Waals surface area (Å²) in [5, 5.41) is 0.498. The Morgan fingerprint density at radius 3 is 2.42 bits per heavy atom. The van der Waals surface area contributed by atoms with Gasteiger partial charge in [-0.05, 0) is 34.1 Å². The summed E-state index contributed by atoms with van der Waals surface area (Å²) >= 11 is 4.80. The number of sulfonamides is 1. The standard InChI is InChI=1S/C12H15BrFNO2S2/c1-8-6-15(7-9(2)18-8)19(16,17)10-3-4-11(13)12(14)5-10/h3-5,8-9H,6-7H2,1-2H3. The van der Waals surface area contributed by atoms with E-state index in [-0.39, 0.29) is 19.9 Å². The molecule has 0 radical (unpaired) electrons. The molecule has 0 aliphatic carbocycles. The second-order valence-corrected chi connectivity index (χ2v) is 9.33. The summed E-state index contributed by atoms with van der Waals surface area (Å²) in [5.41, 5.74) is 0. The zero-order valence-corrected chi connectivity index (χ0v) is 13.9. The van der Waals surface area contributed by atoms with E-state index in [2.05, 4.69) is 15.9 Å². The van der Waals surface area contributed by atoms with Crippen LogP contribution in [0.2, 0.25) is 0 Å². The zero-order valence-electron chi connectivity index (χ0n) is 10.6. The highest BCUT2D eigenvalue weighted by Gasteiger charge is 2.32. The third kappa shape index (κ3) is 3.32. The van der Waals surface area contributed by atoms with Crippen LogP contribution in [0.1, 0.15) is 13.8 Å². The van der Waals surface area contributed by atoms with Gasteiger partial charge in [-0.3, -0.25) is 0 Å². The first-order valence-corrected chi connectivity index (χ1v) is 9.09. The summed E-state index contributed by atoms with van der Waals surface area (Å²) in [4.78, 5) is 0.0134. The SMILES string of the molecule is CC1CN(S(=O)(=O)c2ccc(Br)c(F)c2)CC(C)S1. The van der Waals surface area contributed by atoms with Crippen LogP contribution >= 0.6 is 27.7 Å². The van der Waals surface area contributed by atoms with Crippen LogP contribution in [-0.2, 0) is 10.0 Å². The molecule has 1 aromatic rings. The summed E-state index contributed by atoms with van der Waals surface area (Å²) in [6.45, 7) is 4.94. The number of rotatable bonds is 2. The van der Waals surface area contributed by atoms with Gasteiger partial charge in [0, 0.05) is 23.6 Å². The van der Waals surface area contributed by atoms with Crippen molar-refractivity contribution in [3.8, 4) is 0 Å². The lowest BCUT2D eigenvalue weighted by Gasteiger charge is -2.33. The van der Waals surface area contributed by atoms with Gasteiger partial charge in [0.05, 0.1) is 9.37 Å². The maximum absolute atomic E-state index is 13.5. The van der Waals surface area contributed by atoms with Gasteiger partial charge in [-0.15, -0.1) is 0 Å². The molecule has 1 heterocycles. The number of benzene rings is 1. The minimum absolute atomic E-state index is 0.0134. The van der Waals surface area contributed by atoms with E-state index < -0.39 is 15.8 Å². The Labute approximate surface area is 125 Å². The summed E-state index contributed by atoms with van der Waals surface area (Å²) in [6, 6.07) is 3.92. The van der Waals surface area contributed by atoms with Crippen molar-refractivity contribution in [2.45, 2.75) is 29.2 Å². The van der Waals surface area contributed by atoms with E-state index in [4.69, 9.17) is 0 Å². The highest BCUT2D eigenvalue weighted by atomic mass is 79.9. The molecule has 1 saturated heterocycles. The molecule has 0 aromatic heterocycles. The molecule has 0 bridgehead atoms. The van der Waals surface area contributed by atoms with Crippen molar-refractivity contribution < 1.29 is 12.8 Å². The summed E-state index contributed by atoms with van der Waals surface area (Å²) in [6.07, 6.45) is 0. The predicted molar refractivity (Wildman–Crippen MR) is 79.4 cm³/mol. The van der Waals surface area contributed by atoms with Gasteiger partial charge in [0.2, 0.25) is 10.0 Å². The monoisotopic (exact) mass is 367 g/mol. The number of nitrogens with zero attached hydrogens (tertiary/aromatic N) is 1. The first-order chi connectivity index (χ1) is 8.80. The van der Waals surface area contributed by atoms with Crippen molar-refractivity contribution in [2.75, 3.05) is 13.1 Å². The molecule has 2 unspecified atom stereocenters. The lowest BCUT2D eigenvalue weighted by Crippen LogP contribution is -2.43. The van der Waals surface area contributed by atoms with E-state index in [1.165, 1.54) is 16.4 Å². The third-order valence-corrected chi connectivity index (χ3v) is 6.61. The van der Waals surface area contributed by atoms with Crippen molar-refractivity contribution in [2.24, 2.45) is 0 Å². The molecule has 0 N–H and O–H groups in total. The maximum atomic E-state index is 13.5. The van der Waals surface area contributed by atoms with Gasteiger partial charge in [0.1, 0.15) is 5.82 Å². The number of hydrogen-bond donors (Lipinski definition) is 0. The fourth-order valence-corrected chi connectivity index (χ4v) is 5.50. The van der Waals surface area contributed by atoms with Crippen LogP contribution in [0.5, 0.6) is 0 Å². The van der Waals surface area contributed by atoms with Crippen molar-refractivity contribution >= 4 is 37.7 Å². The van der Waals surface area contributed by atoms with Crippen LogP contribution in [0.3, 0.4) is 0 Å². The molecule has 1 fully saturated rings. The average molecular weight is 368 g/mol. The molecule has 2 atom stereocenters. The van der Waals surface area contributed by atoms with Crippen LogP contribution in [0.4, 0.5) is 4.39 Å². The van der Waals surface area contributed by atoms with Gasteiger partial charge in [-0.25, -0.2) is 12.8 Å². The Bertz CT molecular complexity index is 569. The molecule has 7 heteroatoms. The first kappa shape index (κ1) is 15.3. The van der Waals surface area contributed by atoms with Crippen molar-refractivity contribution in [3.05, 3.63) is 28.5 Å². The van der Waals surface area contributed by atoms with Crippen LogP contribution in [-0.4, -0.2) is 36.3 Å². The molecule has 0 spiro atoms. The van der Waals surface area contributed by atoms with Gasteiger partial charge in [0.25, 0.3) is 0 Å². The average Bonchev–Trinajstić information content (AvgIpc) is 2.31. The minimum Gasteiger partial charge on any atom is -0.207 e. The number of hydrogen-bond acceptors (Lipinski definition) is 3. The molecule has 3 nitrogen and oxygen atoms in total. The van der Waals surface area contributed by atoms with E-state index >= 15 is 0 Å². The lowest BCUT2D eigenvalue weighted by molar-refractivity contribution is 0.404.